The molecule has 0 atom stereocenters. The molecule has 7 heteroatoms. The van der Waals surface area contributed by atoms with Gasteiger partial charge in [-0.2, -0.15) is 0 Å². The number of hydrogen-bond acceptors (Lipinski definition) is 4. The lowest BCUT2D eigenvalue weighted by Gasteiger charge is -2.05. The highest BCUT2D eigenvalue weighted by atomic mass is 35.7. The van der Waals surface area contributed by atoms with Crippen molar-refractivity contribution < 1.29 is 13.2 Å². The zero-order chi connectivity index (χ0) is 15.3. The van der Waals surface area contributed by atoms with Crippen LogP contribution in [0.5, 0.6) is 0 Å². The van der Waals surface area contributed by atoms with Gasteiger partial charge in [0.25, 0.3) is 15.0 Å². The molecule has 0 aliphatic carbocycles. The van der Waals surface area contributed by atoms with Gasteiger partial charge in [-0.15, -0.1) is 0 Å². The molecule has 0 spiro atoms. The zero-order valence-electron chi connectivity index (χ0n) is 11.0. The maximum Gasteiger partial charge on any atom is 0.261 e. The van der Waals surface area contributed by atoms with Crippen LogP contribution in [0.4, 0.5) is 0 Å². The second kappa shape index (κ2) is 6.69. The topological polar surface area (TPSA) is 76.1 Å². The second-order valence-corrected chi connectivity index (χ2v) is 6.86. The van der Waals surface area contributed by atoms with Crippen LogP contribution in [0.2, 0.25) is 0 Å². The van der Waals surface area contributed by atoms with E-state index in [0.717, 1.165) is 5.69 Å². The molecule has 0 fully saturated rings. The number of pyridine rings is 1. The van der Waals surface area contributed by atoms with Crippen LogP contribution in [-0.2, 0) is 15.5 Å². The maximum absolute atomic E-state index is 11.9. The number of hydrogen-bond donors (Lipinski definition) is 1. The van der Waals surface area contributed by atoms with Crippen LogP contribution in [0.1, 0.15) is 16.1 Å². The minimum absolute atomic E-state index is 0.0331. The van der Waals surface area contributed by atoms with Gasteiger partial charge in [-0.05, 0) is 36.4 Å². The Kier molecular flexibility index (Phi) is 4.93. The monoisotopic (exact) mass is 324 g/mol. The Bertz CT molecular complexity index is 716. The zero-order valence-corrected chi connectivity index (χ0v) is 12.6. The molecule has 2 aromatic rings. The summed E-state index contributed by atoms with van der Waals surface area (Å²) in [5, 5.41) is 2.74. The summed E-state index contributed by atoms with van der Waals surface area (Å²) in [5.74, 6) is -0.274. The van der Waals surface area contributed by atoms with Gasteiger partial charge >= 0.3 is 0 Å². The van der Waals surface area contributed by atoms with E-state index in [9.17, 15) is 13.2 Å². The average molecular weight is 325 g/mol. The van der Waals surface area contributed by atoms with E-state index in [1.165, 1.54) is 24.3 Å². The van der Waals surface area contributed by atoms with Gasteiger partial charge in [0.2, 0.25) is 0 Å². The highest BCUT2D eigenvalue weighted by Crippen LogP contribution is 2.15. The van der Waals surface area contributed by atoms with Crippen LogP contribution in [-0.4, -0.2) is 25.9 Å². The third-order valence-electron chi connectivity index (χ3n) is 2.79. The van der Waals surface area contributed by atoms with Crippen LogP contribution in [0.25, 0.3) is 0 Å². The largest absolute Gasteiger partial charge is 0.352 e. The van der Waals surface area contributed by atoms with Crippen molar-refractivity contribution in [2.75, 3.05) is 6.54 Å². The van der Waals surface area contributed by atoms with Gasteiger partial charge in [0.1, 0.15) is 0 Å². The fourth-order valence-electron chi connectivity index (χ4n) is 1.72. The predicted molar refractivity (Wildman–Crippen MR) is 79.8 cm³/mol. The molecule has 5 nitrogen and oxygen atoms in total. The number of halogens is 1. The van der Waals surface area contributed by atoms with E-state index in [1.807, 2.05) is 18.2 Å². The molecule has 0 radical (unpaired) electrons. The molecular weight excluding hydrogens is 312 g/mol. The molecule has 1 aromatic carbocycles. The first-order valence-corrected chi connectivity index (χ1v) is 8.50. The van der Waals surface area contributed by atoms with Crippen molar-refractivity contribution in [3.63, 3.8) is 0 Å². The molecule has 1 aromatic heterocycles. The molecule has 2 rings (SSSR count). The fourth-order valence-corrected chi connectivity index (χ4v) is 2.49. The Morgan fingerprint density at radius 2 is 1.86 bits per heavy atom. The maximum atomic E-state index is 11.9. The first kappa shape index (κ1) is 15.5. The summed E-state index contributed by atoms with van der Waals surface area (Å²) in [4.78, 5) is 16.0. The normalized spacial score (nSPS) is 11.1. The number of nitrogens with zero attached hydrogens (tertiary/aromatic N) is 1. The number of nitrogens with one attached hydrogen (secondary N) is 1. The summed E-state index contributed by atoms with van der Waals surface area (Å²) >= 11 is 0. The molecule has 1 amide bonds. The standard InChI is InChI=1S/C14H13ClN2O3S/c15-21(19,20)13-6-4-11(5-7-13)14(18)17-10-8-12-3-1-2-9-16-12/h1-7,9H,8,10H2,(H,17,18). The van der Waals surface area contributed by atoms with Crippen molar-refractivity contribution in [3.05, 3.63) is 59.9 Å². The molecule has 1 N–H and O–H groups in total. The number of amides is 1. The van der Waals surface area contributed by atoms with Crippen LogP contribution >= 0.6 is 10.7 Å². The third kappa shape index (κ3) is 4.54. The molecule has 0 bridgehead atoms. The molecule has 21 heavy (non-hydrogen) atoms. The van der Waals surface area contributed by atoms with Crippen molar-refractivity contribution in [2.45, 2.75) is 11.3 Å². The first-order chi connectivity index (χ1) is 9.97. The lowest BCUT2D eigenvalue weighted by Crippen LogP contribution is -2.25. The second-order valence-electron chi connectivity index (χ2n) is 4.29. The molecule has 1 heterocycles. The number of carbonyl (C=O) groups is 1. The van der Waals surface area contributed by atoms with Crippen LogP contribution in [0, 0.1) is 0 Å². The predicted octanol–water partition coefficient (Wildman–Crippen LogP) is 1.98. The average Bonchev–Trinajstić information content (AvgIpc) is 2.47. The Morgan fingerprint density at radius 1 is 1.14 bits per heavy atom. The molecular formula is C14H13ClN2O3S. The van der Waals surface area contributed by atoms with E-state index in [0.29, 0.717) is 18.5 Å². The molecule has 0 saturated carbocycles. The summed E-state index contributed by atoms with van der Waals surface area (Å²) < 4.78 is 22.2. The molecule has 0 saturated heterocycles. The van der Waals surface area contributed by atoms with Gasteiger partial charge in [0.05, 0.1) is 4.90 Å². The van der Waals surface area contributed by atoms with E-state index in [4.69, 9.17) is 10.7 Å². The minimum atomic E-state index is -3.77. The van der Waals surface area contributed by atoms with Crippen molar-refractivity contribution in [1.29, 1.82) is 0 Å². The van der Waals surface area contributed by atoms with Gasteiger partial charge in [-0.25, -0.2) is 8.42 Å². The summed E-state index contributed by atoms with van der Waals surface area (Å²) in [6.07, 6.45) is 2.32. The Labute approximate surface area is 127 Å². The SMILES string of the molecule is O=C(NCCc1ccccn1)c1ccc(S(=O)(=O)Cl)cc1. The summed E-state index contributed by atoms with van der Waals surface area (Å²) in [7, 11) is 1.44. The van der Waals surface area contributed by atoms with Crippen LogP contribution in [0.3, 0.4) is 0 Å². The first-order valence-electron chi connectivity index (χ1n) is 6.19. The van der Waals surface area contributed by atoms with E-state index in [-0.39, 0.29) is 10.8 Å². The molecule has 0 unspecified atom stereocenters. The summed E-state index contributed by atoms with van der Waals surface area (Å²) in [5.41, 5.74) is 1.27. The van der Waals surface area contributed by atoms with E-state index < -0.39 is 9.05 Å². The fraction of sp³-hybridized carbons (Fsp3) is 0.143. The molecule has 110 valence electrons. The van der Waals surface area contributed by atoms with Gasteiger partial charge in [0, 0.05) is 41.1 Å². The smallest absolute Gasteiger partial charge is 0.261 e. The van der Waals surface area contributed by atoms with E-state index in [1.54, 1.807) is 6.20 Å². The van der Waals surface area contributed by atoms with Crippen molar-refractivity contribution in [1.82, 2.24) is 10.3 Å². The van der Waals surface area contributed by atoms with Crippen LogP contribution < -0.4 is 5.32 Å². The number of rotatable bonds is 5. The van der Waals surface area contributed by atoms with E-state index >= 15 is 0 Å². The molecule has 0 aliphatic heterocycles. The van der Waals surface area contributed by atoms with E-state index in [2.05, 4.69) is 10.3 Å². The number of carbonyl (C=O) groups excluding carboxylic acids is 1. The lowest BCUT2D eigenvalue weighted by atomic mass is 10.2. The van der Waals surface area contributed by atoms with Crippen LogP contribution in [0.15, 0.2) is 53.6 Å². The van der Waals surface area contributed by atoms with Crippen molar-refractivity contribution in [2.24, 2.45) is 0 Å². The number of aromatic nitrogens is 1. The highest BCUT2D eigenvalue weighted by molar-refractivity contribution is 8.13. The Hall–Kier alpha value is -1.92. The highest BCUT2D eigenvalue weighted by Gasteiger charge is 2.11. The summed E-state index contributed by atoms with van der Waals surface area (Å²) in [6.45, 7) is 0.450. The lowest BCUT2D eigenvalue weighted by molar-refractivity contribution is 0.0954. The molecule has 0 aliphatic rings. The Morgan fingerprint density at radius 3 is 2.43 bits per heavy atom. The third-order valence-corrected chi connectivity index (χ3v) is 4.16. The minimum Gasteiger partial charge on any atom is -0.352 e. The van der Waals surface area contributed by atoms with Gasteiger partial charge in [-0.3, -0.25) is 9.78 Å². The van der Waals surface area contributed by atoms with Crippen molar-refractivity contribution in [3.8, 4) is 0 Å². The van der Waals surface area contributed by atoms with Gasteiger partial charge in [-0.1, -0.05) is 6.07 Å². The Balaban J connectivity index is 1.92. The summed E-state index contributed by atoms with van der Waals surface area (Å²) in [6, 6.07) is 11.0. The quantitative estimate of drug-likeness (QED) is 0.853. The number of benzene rings is 1. The van der Waals surface area contributed by atoms with Crippen molar-refractivity contribution >= 4 is 25.6 Å². The van der Waals surface area contributed by atoms with Gasteiger partial charge in [0.15, 0.2) is 0 Å². The van der Waals surface area contributed by atoms with Gasteiger partial charge < -0.3 is 5.32 Å².